The topological polar surface area (TPSA) is 111 Å². The van der Waals surface area contributed by atoms with E-state index in [0.29, 0.717) is 31.6 Å². The molecule has 2 aliphatic heterocycles. The maximum atomic E-state index is 13.3. The number of nitrogens with one attached hydrogen (secondary N) is 3. The zero-order chi connectivity index (χ0) is 25.7. The molecule has 0 radical (unpaired) electrons. The van der Waals surface area contributed by atoms with E-state index in [9.17, 15) is 19.2 Å². The van der Waals surface area contributed by atoms with Crippen LogP contribution in [0.5, 0.6) is 0 Å². The molecule has 0 saturated carbocycles. The molecule has 6 amide bonds. The van der Waals surface area contributed by atoms with Gasteiger partial charge >= 0.3 is 12.1 Å². The molecule has 1 saturated heterocycles. The molecule has 5 rings (SSSR count). The van der Waals surface area contributed by atoms with Crippen LogP contribution < -0.4 is 20.9 Å². The van der Waals surface area contributed by atoms with Gasteiger partial charge in [-0.2, -0.15) is 0 Å². The number of amides is 6. The van der Waals surface area contributed by atoms with Gasteiger partial charge in [0.15, 0.2) is 0 Å². The van der Waals surface area contributed by atoms with Crippen molar-refractivity contribution in [2.45, 2.75) is 52.1 Å². The van der Waals surface area contributed by atoms with Crippen molar-refractivity contribution in [3.05, 3.63) is 59.2 Å². The number of rotatable bonds is 5. The van der Waals surface area contributed by atoms with Crippen LogP contribution in [0.3, 0.4) is 0 Å². The molecule has 2 aromatic rings. The molecule has 36 heavy (non-hydrogen) atoms. The van der Waals surface area contributed by atoms with E-state index in [1.807, 2.05) is 36.4 Å². The van der Waals surface area contributed by atoms with E-state index < -0.39 is 11.6 Å². The van der Waals surface area contributed by atoms with E-state index in [2.05, 4.69) is 36.7 Å². The fourth-order valence-corrected chi connectivity index (χ4v) is 5.13. The fourth-order valence-electron chi connectivity index (χ4n) is 5.13. The Kier molecular flexibility index (Phi) is 5.73. The van der Waals surface area contributed by atoms with Crippen molar-refractivity contribution in [2.75, 3.05) is 23.3 Å². The van der Waals surface area contributed by atoms with Gasteiger partial charge in [0.1, 0.15) is 12.1 Å². The summed E-state index contributed by atoms with van der Waals surface area (Å²) < 4.78 is 0. The summed E-state index contributed by atoms with van der Waals surface area (Å²) in [5.74, 6) is -0.636. The summed E-state index contributed by atoms with van der Waals surface area (Å²) in [7, 11) is 0. The highest BCUT2D eigenvalue weighted by Gasteiger charge is 2.50. The smallest absolute Gasteiger partial charge is 0.325 e. The van der Waals surface area contributed by atoms with Crippen molar-refractivity contribution in [2.24, 2.45) is 5.41 Å². The first kappa shape index (κ1) is 23.8. The summed E-state index contributed by atoms with van der Waals surface area (Å²) in [6, 6.07) is 12.5. The molecule has 1 atom stereocenters. The molecular formula is C27H31N5O4. The number of hydrogen-bond acceptors (Lipinski definition) is 4. The highest BCUT2D eigenvalue weighted by molar-refractivity contribution is 6.08. The second kappa shape index (κ2) is 8.65. The summed E-state index contributed by atoms with van der Waals surface area (Å²) in [4.78, 5) is 53.7. The lowest BCUT2D eigenvalue weighted by molar-refractivity contribution is -0.123. The number of anilines is 2. The molecule has 0 aromatic heterocycles. The maximum absolute atomic E-state index is 13.3. The summed E-state index contributed by atoms with van der Waals surface area (Å²) >= 11 is 0. The van der Waals surface area contributed by atoms with Crippen LogP contribution in [0.25, 0.3) is 0 Å². The monoisotopic (exact) mass is 489 g/mol. The summed E-state index contributed by atoms with van der Waals surface area (Å²) in [6.45, 7) is 7.47. The minimum Gasteiger partial charge on any atom is -0.325 e. The first-order valence-corrected chi connectivity index (χ1v) is 12.2. The Morgan fingerprint density at radius 3 is 2.50 bits per heavy atom. The van der Waals surface area contributed by atoms with Crippen LogP contribution in [0.4, 0.5) is 21.0 Å². The number of hydrogen-bond donors (Lipinski definition) is 3. The zero-order valence-corrected chi connectivity index (χ0v) is 20.8. The number of fused-ring (bicyclic) bond motifs is 2. The average molecular weight is 490 g/mol. The van der Waals surface area contributed by atoms with Crippen molar-refractivity contribution in [3.63, 3.8) is 0 Å². The standard InChI is InChI=1S/C27H31N5O4/c1-26(2,3)10-11-31-15-18-6-4-5-7-21(18)32(25(31)36)16-22(33)28-20-9-8-17-13-27(14-19(17)12-20)23(34)29-24(35)30-27/h4-9,12H,10-11,13-16H2,1-3H3,(H,28,33)(H2,29,30,34,35). The van der Waals surface area contributed by atoms with E-state index in [-0.39, 0.29) is 29.8 Å². The minimum atomic E-state index is -0.956. The maximum Gasteiger partial charge on any atom is 0.325 e. The largest absolute Gasteiger partial charge is 0.325 e. The fraction of sp³-hybridized carbons (Fsp3) is 0.407. The first-order chi connectivity index (χ1) is 17.0. The molecule has 0 bridgehead atoms. The first-order valence-electron chi connectivity index (χ1n) is 12.2. The van der Waals surface area contributed by atoms with Crippen LogP contribution in [0.15, 0.2) is 42.5 Å². The zero-order valence-electron chi connectivity index (χ0n) is 20.8. The Labute approximate surface area is 210 Å². The SMILES string of the molecule is CC(C)(C)CCN1Cc2ccccc2N(CC(=O)Nc2ccc3c(c2)CC2(C3)NC(=O)NC2=O)C1=O. The Morgan fingerprint density at radius 2 is 1.78 bits per heavy atom. The number of urea groups is 2. The van der Waals surface area contributed by atoms with Gasteiger partial charge < -0.3 is 15.5 Å². The number of nitrogens with zero attached hydrogens (tertiary/aromatic N) is 2. The molecule has 3 aliphatic rings. The average Bonchev–Trinajstić information content (AvgIpc) is 3.30. The van der Waals surface area contributed by atoms with Gasteiger partial charge in [-0.1, -0.05) is 45.0 Å². The summed E-state index contributed by atoms with van der Waals surface area (Å²) in [5, 5.41) is 7.95. The van der Waals surface area contributed by atoms with Crippen molar-refractivity contribution >= 4 is 35.3 Å². The van der Waals surface area contributed by atoms with E-state index in [0.717, 1.165) is 28.8 Å². The highest BCUT2D eigenvalue weighted by Crippen LogP contribution is 2.34. The van der Waals surface area contributed by atoms with Crippen LogP contribution >= 0.6 is 0 Å². The van der Waals surface area contributed by atoms with Crippen LogP contribution in [-0.4, -0.2) is 47.4 Å². The minimum absolute atomic E-state index is 0.0909. The summed E-state index contributed by atoms with van der Waals surface area (Å²) in [5.41, 5.74) is 3.35. The van der Waals surface area contributed by atoms with Crippen LogP contribution in [-0.2, 0) is 29.0 Å². The molecule has 3 N–H and O–H groups in total. The van der Waals surface area contributed by atoms with E-state index in [1.165, 1.54) is 4.90 Å². The van der Waals surface area contributed by atoms with Crippen LogP contribution in [0.1, 0.15) is 43.9 Å². The van der Waals surface area contributed by atoms with E-state index in [4.69, 9.17) is 0 Å². The third-order valence-corrected chi connectivity index (χ3v) is 7.07. The Balaban J connectivity index is 1.29. The van der Waals surface area contributed by atoms with Gasteiger partial charge in [0.25, 0.3) is 5.91 Å². The molecule has 188 valence electrons. The number of para-hydroxylation sites is 1. The van der Waals surface area contributed by atoms with Gasteiger partial charge in [-0.05, 0) is 46.7 Å². The molecule has 1 unspecified atom stereocenters. The normalized spacial score (nSPS) is 20.8. The lowest BCUT2D eigenvalue weighted by atomic mass is 9.92. The molecule has 9 heteroatoms. The Morgan fingerprint density at radius 1 is 1.03 bits per heavy atom. The van der Waals surface area contributed by atoms with Crippen LogP contribution in [0, 0.1) is 5.41 Å². The quantitative estimate of drug-likeness (QED) is 0.560. The van der Waals surface area contributed by atoms with E-state index >= 15 is 0 Å². The molecule has 1 aliphatic carbocycles. The van der Waals surface area contributed by atoms with Crippen molar-refractivity contribution < 1.29 is 19.2 Å². The van der Waals surface area contributed by atoms with Crippen molar-refractivity contribution in [3.8, 4) is 0 Å². The van der Waals surface area contributed by atoms with Gasteiger partial charge in [0.2, 0.25) is 5.91 Å². The molecule has 2 heterocycles. The van der Waals surface area contributed by atoms with Crippen LogP contribution in [0.2, 0.25) is 0 Å². The number of imide groups is 1. The van der Waals surface area contributed by atoms with Gasteiger partial charge in [-0.3, -0.25) is 19.8 Å². The molecule has 1 spiro atoms. The third-order valence-electron chi connectivity index (χ3n) is 7.07. The number of carbonyl (C=O) groups excluding carboxylic acids is 4. The molecular weight excluding hydrogens is 458 g/mol. The van der Waals surface area contributed by atoms with E-state index in [1.54, 1.807) is 11.0 Å². The molecule has 9 nitrogen and oxygen atoms in total. The predicted octanol–water partition coefficient (Wildman–Crippen LogP) is 3.18. The third kappa shape index (κ3) is 4.53. The van der Waals surface area contributed by atoms with Gasteiger partial charge in [0, 0.05) is 31.6 Å². The number of carbonyl (C=O) groups is 4. The Bertz CT molecular complexity index is 1270. The lowest BCUT2D eigenvalue weighted by Gasteiger charge is -2.37. The van der Waals surface area contributed by atoms with Gasteiger partial charge in [0.05, 0.1) is 5.69 Å². The number of benzene rings is 2. The lowest BCUT2D eigenvalue weighted by Crippen LogP contribution is -2.50. The van der Waals surface area contributed by atoms with Crippen molar-refractivity contribution in [1.29, 1.82) is 0 Å². The van der Waals surface area contributed by atoms with Gasteiger partial charge in [-0.15, -0.1) is 0 Å². The second-order valence-electron chi connectivity index (χ2n) is 11.1. The molecule has 1 fully saturated rings. The second-order valence-corrected chi connectivity index (χ2v) is 11.1. The molecule has 2 aromatic carbocycles. The van der Waals surface area contributed by atoms with Crippen molar-refractivity contribution in [1.82, 2.24) is 15.5 Å². The summed E-state index contributed by atoms with van der Waals surface area (Å²) in [6.07, 6.45) is 1.64. The highest BCUT2D eigenvalue weighted by atomic mass is 16.2. The predicted molar refractivity (Wildman–Crippen MR) is 136 cm³/mol. The Hall–Kier alpha value is -3.88. The van der Waals surface area contributed by atoms with Gasteiger partial charge in [-0.25, -0.2) is 9.59 Å².